The molecule has 0 fully saturated rings. The summed E-state index contributed by atoms with van der Waals surface area (Å²) < 4.78 is 18.1. The second-order valence-corrected chi connectivity index (χ2v) is 15.6. The Morgan fingerprint density at radius 1 is 1.09 bits per heavy atom. The lowest BCUT2D eigenvalue weighted by atomic mass is 9.78. The molecule has 0 bridgehead atoms. The maximum absolute atomic E-state index is 12.5. The Morgan fingerprint density at radius 2 is 1.71 bits per heavy atom. The number of carbonyl (C=O) groups is 1. The number of hydrogen-bond donors (Lipinski definition) is 1. The van der Waals surface area contributed by atoms with E-state index in [1.54, 1.807) is 13.2 Å². The average molecular weight is 489 g/mol. The molecule has 0 unspecified atom stereocenters. The Kier molecular flexibility index (Phi) is 11.2. The van der Waals surface area contributed by atoms with Gasteiger partial charge in [-0.2, -0.15) is 0 Å². The molecule has 34 heavy (non-hydrogen) atoms. The Labute approximate surface area is 207 Å². The van der Waals surface area contributed by atoms with Crippen LogP contribution in [0.4, 0.5) is 0 Å². The van der Waals surface area contributed by atoms with E-state index >= 15 is 0 Å². The smallest absolute Gasteiger partial charge is 0.200 e. The molecule has 1 aliphatic carbocycles. The van der Waals surface area contributed by atoms with Crippen LogP contribution in [-0.4, -0.2) is 46.1 Å². The monoisotopic (exact) mass is 488 g/mol. The van der Waals surface area contributed by atoms with Gasteiger partial charge in [-0.05, 0) is 58.3 Å². The highest BCUT2D eigenvalue weighted by atomic mass is 28.4. The van der Waals surface area contributed by atoms with E-state index in [1.807, 2.05) is 30.3 Å². The molecule has 1 aromatic rings. The zero-order valence-corrected chi connectivity index (χ0v) is 23.0. The van der Waals surface area contributed by atoms with E-state index in [0.29, 0.717) is 36.4 Å². The fourth-order valence-electron chi connectivity index (χ4n) is 5.53. The second kappa shape index (κ2) is 13.4. The summed E-state index contributed by atoms with van der Waals surface area (Å²) in [7, 11) is -0.418. The van der Waals surface area contributed by atoms with Crippen LogP contribution in [0.3, 0.4) is 0 Å². The van der Waals surface area contributed by atoms with Crippen LogP contribution in [0, 0.1) is 11.8 Å². The summed E-state index contributed by atoms with van der Waals surface area (Å²) in [6.07, 6.45) is 6.32. The highest BCUT2D eigenvalue weighted by Crippen LogP contribution is 2.43. The van der Waals surface area contributed by atoms with Gasteiger partial charge in [0.25, 0.3) is 0 Å². The number of benzene rings is 1. The zero-order valence-electron chi connectivity index (χ0n) is 22.0. The van der Waals surface area contributed by atoms with Crippen LogP contribution in [0.1, 0.15) is 53.5 Å². The van der Waals surface area contributed by atoms with Gasteiger partial charge < -0.3 is 19.0 Å². The standard InChI is InChI=1S/C28H44O5Si/c1-20(2)34(21(3)4,22(5)6)33-19-24(26-9-8-10-28(30)27(26)17-29)15-16-32-18-23-11-13-25(31-7)14-12-23/h8,10-15,20-22,26-27,29H,9,16-19H2,1-7H3/b24-15+/t26-,27-/m0/s1. The second-order valence-electron chi connectivity index (χ2n) is 10.2. The van der Waals surface area contributed by atoms with E-state index in [9.17, 15) is 9.90 Å². The number of hydrogen-bond acceptors (Lipinski definition) is 5. The van der Waals surface area contributed by atoms with Crippen LogP contribution in [-0.2, 0) is 20.6 Å². The van der Waals surface area contributed by atoms with Crippen LogP contribution in [0.25, 0.3) is 0 Å². The lowest BCUT2D eigenvalue weighted by Gasteiger charge is -2.43. The van der Waals surface area contributed by atoms with Crippen molar-refractivity contribution >= 4 is 14.1 Å². The van der Waals surface area contributed by atoms with Crippen molar-refractivity contribution in [1.82, 2.24) is 0 Å². The summed E-state index contributed by atoms with van der Waals surface area (Å²) in [5.74, 6) is 0.324. The molecule has 190 valence electrons. The minimum absolute atomic E-state index is 0.0103. The third-order valence-corrected chi connectivity index (χ3v) is 13.3. The lowest BCUT2D eigenvalue weighted by Crippen LogP contribution is -2.48. The zero-order chi connectivity index (χ0) is 25.3. The first-order valence-electron chi connectivity index (χ1n) is 12.5. The number of carbonyl (C=O) groups excluding carboxylic acids is 1. The molecule has 0 radical (unpaired) electrons. The summed E-state index contributed by atoms with van der Waals surface area (Å²) >= 11 is 0. The highest BCUT2D eigenvalue weighted by molar-refractivity contribution is 6.77. The van der Waals surface area contributed by atoms with Gasteiger partial charge >= 0.3 is 0 Å². The molecule has 0 amide bonds. The number of ketones is 1. The summed E-state index contributed by atoms with van der Waals surface area (Å²) in [4.78, 5) is 12.5. The van der Waals surface area contributed by atoms with Crippen LogP contribution < -0.4 is 4.74 Å². The molecule has 0 heterocycles. The van der Waals surface area contributed by atoms with Crippen LogP contribution in [0.5, 0.6) is 5.75 Å². The van der Waals surface area contributed by atoms with Crippen molar-refractivity contribution in [2.75, 3.05) is 26.9 Å². The number of aliphatic hydroxyl groups excluding tert-OH is 1. The Hall–Kier alpha value is -1.73. The molecular formula is C28H44O5Si. The molecule has 2 rings (SSSR count). The summed E-state index contributed by atoms with van der Waals surface area (Å²) in [5, 5.41) is 9.98. The first kappa shape index (κ1) is 28.5. The maximum Gasteiger partial charge on any atom is 0.200 e. The topological polar surface area (TPSA) is 65.0 Å². The van der Waals surface area contributed by atoms with Crippen molar-refractivity contribution < 1.29 is 23.8 Å². The van der Waals surface area contributed by atoms with Crippen molar-refractivity contribution in [1.29, 1.82) is 0 Å². The molecule has 1 aromatic carbocycles. The van der Waals surface area contributed by atoms with Gasteiger partial charge in [0.1, 0.15) is 5.75 Å². The van der Waals surface area contributed by atoms with Crippen molar-refractivity contribution in [2.24, 2.45) is 11.8 Å². The van der Waals surface area contributed by atoms with E-state index in [4.69, 9.17) is 13.9 Å². The molecule has 0 saturated carbocycles. The first-order chi connectivity index (χ1) is 16.2. The molecule has 0 aromatic heterocycles. The van der Waals surface area contributed by atoms with E-state index < -0.39 is 14.2 Å². The average Bonchev–Trinajstić information content (AvgIpc) is 2.80. The fraction of sp³-hybridized carbons (Fsp3) is 0.607. The van der Waals surface area contributed by atoms with Gasteiger partial charge in [-0.25, -0.2) is 0 Å². The fourth-order valence-corrected chi connectivity index (χ4v) is 11.0. The predicted octanol–water partition coefficient (Wildman–Crippen LogP) is 6.08. The number of rotatable bonds is 13. The third kappa shape index (κ3) is 6.91. The molecule has 6 heteroatoms. The van der Waals surface area contributed by atoms with Crippen molar-refractivity contribution in [3.05, 3.63) is 53.6 Å². The number of ether oxygens (including phenoxy) is 2. The van der Waals surface area contributed by atoms with Crippen molar-refractivity contribution in [2.45, 2.75) is 71.2 Å². The van der Waals surface area contributed by atoms with Gasteiger partial charge in [0.15, 0.2) is 5.78 Å². The van der Waals surface area contributed by atoms with Crippen LogP contribution in [0.15, 0.2) is 48.1 Å². The first-order valence-corrected chi connectivity index (χ1v) is 14.7. The molecule has 1 N–H and O–H groups in total. The Bertz CT molecular complexity index is 804. The number of aliphatic hydroxyl groups is 1. The minimum Gasteiger partial charge on any atom is -0.497 e. The summed E-state index contributed by atoms with van der Waals surface area (Å²) in [5.41, 5.74) is 3.55. The molecule has 0 aliphatic heterocycles. The minimum atomic E-state index is -2.07. The maximum atomic E-state index is 12.5. The molecule has 2 atom stereocenters. The van der Waals surface area contributed by atoms with Crippen LogP contribution >= 0.6 is 0 Å². The normalized spacial score (nSPS) is 19.5. The van der Waals surface area contributed by atoms with Crippen molar-refractivity contribution in [3.8, 4) is 5.75 Å². The van der Waals surface area contributed by atoms with E-state index in [-0.39, 0.29) is 18.3 Å². The predicted molar refractivity (Wildman–Crippen MR) is 141 cm³/mol. The highest BCUT2D eigenvalue weighted by Gasteiger charge is 2.45. The van der Waals surface area contributed by atoms with Crippen molar-refractivity contribution in [3.63, 3.8) is 0 Å². The lowest BCUT2D eigenvalue weighted by molar-refractivity contribution is -0.121. The largest absolute Gasteiger partial charge is 0.497 e. The molecule has 0 spiro atoms. The number of allylic oxidation sites excluding steroid dienone is 2. The van der Waals surface area contributed by atoms with Gasteiger partial charge in [-0.15, -0.1) is 0 Å². The van der Waals surface area contributed by atoms with Gasteiger partial charge in [0.05, 0.1) is 39.5 Å². The third-order valence-electron chi connectivity index (χ3n) is 7.28. The SMILES string of the molecule is COc1ccc(COC/C=C(\CO[Si](C(C)C)(C(C)C)C(C)C)[C@@H]2CC=CC(=O)[C@H]2CO)cc1. The molecule has 5 nitrogen and oxygen atoms in total. The van der Waals surface area contributed by atoms with Gasteiger partial charge in [0, 0.05) is 0 Å². The Balaban J connectivity index is 2.21. The Morgan fingerprint density at radius 3 is 2.24 bits per heavy atom. The number of methoxy groups -OCH3 is 1. The summed E-state index contributed by atoms with van der Waals surface area (Å²) in [6, 6.07) is 7.83. The van der Waals surface area contributed by atoms with Gasteiger partial charge in [0.2, 0.25) is 8.32 Å². The molecular weight excluding hydrogens is 444 g/mol. The van der Waals surface area contributed by atoms with E-state index in [1.165, 1.54) is 0 Å². The quantitative estimate of drug-likeness (QED) is 0.207. The molecule has 1 aliphatic rings. The molecule has 0 saturated heterocycles. The van der Waals surface area contributed by atoms with Crippen LogP contribution in [0.2, 0.25) is 16.6 Å². The van der Waals surface area contributed by atoms with E-state index in [2.05, 4.69) is 47.6 Å². The van der Waals surface area contributed by atoms with E-state index in [0.717, 1.165) is 23.3 Å². The van der Waals surface area contributed by atoms with Gasteiger partial charge in [-0.3, -0.25) is 4.79 Å². The summed E-state index contributed by atoms with van der Waals surface area (Å²) in [6.45, 7) is 14.9. The van der Waals surface area contributed by atoms with Gasteiger partial charge in [-0.1, -0.05) is 65.8 Å².